The van der Waals surface area contributed by atoms with Crippen molar-refractivity contribution in [1.29, 1.82) is 0 Å². The highest BCUT2D eigenvalue weighted by Gasteiger charge is 2.10. The zero-order valence-electron chi connectivity index (χ0n) is 12.7. The number of nitrogens with two attached hydrogens (primary N) is 1. The quantitative estimate of drug-likeness (QED) is 0.816. The molecule has 0 aliphatic rings. The lowest BCUT2D eigenvalue weighted by Crippen LogP contribution is -2.27. The number of fused-ring (bicyclic) bond motifs is 1. The normalized spacial score (nSPS) is 11.2. The number of ether oxygens (including phenoxy) is 1. The molecular formula is C16H23N3O2. The molecule has 0 radical (unpaired) electrons. The van der Waals surface area contributed by atoms with Gasteiger partial charge < -0.3 is 15.6 Å². The molecule has 2 rings (SSSR count). The molecule has 0 unspecified atom stereocenters. The second-order valence-electron chi connectivity index (χ2n) is 5.09. The van der Waals surface area contributed by atoms with E-state index in [1.165, 1.54) is 0 Å². The van der Waals surface area contributed by atoms with Crippen LogP contribution in [-0.4, -0.2) is 41.8 Å². The maximum atomic E-state index is 9.14. The summed E-state index contributed by atoms with van der Waals surface area (Å²) in [6.45, 7) is 4.56. The minimum atomic E-state index is 0.151. The van der Waals surface area contributed by atoms with E-state index in [-0.39, 0.29) is 6.61 Å². The fourth-order valence-corrected chi connectivity index (χ4v) is 2.43. The lowest BCUT2D eigenvalue weighted by Gasteiger charge is -2.21. The van der Waals surface area contributed by atoms with Crippen LogP contribution in [-0.2, 0) is 6.54 Å². The fraction of sp³-hybridized carbons (Fsp3) is 0.438. The molecule has 0 saturated heterocycles. The number of nitrogen functional groups attached to an aromatic ring is 1. The number of aromatic nitrogens is 1. The van der Waals surface area contributed by atoms with Gasteiger partial charge in [-0.25, -0.2) is 4.98 Å². The summed E-state index contributed by atoms with van der Waals surface area (Å²) in [7, 11) is 1.64. The van der Waals surface area contributed by atoms with Crippen molar-refractivity contribution in [2.75, 3.05) is 32.5 Å². The number of benzene rings is 1. The van der Waals surface area contributed by atoms with E-state index in [0.717, 1.165) is 35.2 Å². The van der Waals surface area contributed by atoms with Crippen molar-refractivity contribution in [3.8, 4) is 5.75 Å². The van der Waals surface area contributed by atoms with E-state index in [4.69, 9.17) is 15.6 Å². The molecule has 0 aliphatic heterocycles. The number of pyridine rings is 1. The third-order valence-electron chi connectivity index (χ3n) is 3.49. The van der Waals surface area contributed by atoms with Gasteiger partial charge in [-0.2, -0.15) is 0 Å². The van der Waals surface area contributed by atoms with Crippen LogP contribution in [0, 0.1) is 0 Å². The van der Waals surface area contributed by atoms with Crippen molar-refractivity contribution in [2.45, 2.75) is 19.9 Å². The number of methoxy groups -OCH3 is 1. The van der Waals surface area contributed by atoms with Gasteiger partial charge in [-0.1, -0.05) is 6.92 Å². The van der Waals surface area contributed by atoms with Crippen molar-refractivity contribution >= 4 is 16.7 Å². The largest absolute Gasteiger partial charge is 0.497 e. The Morgan fingerprint density at radius 1 is 1.29 bits per heavy atom. The molecule has 1 heterocycles. The smallest absolute Gasteiger partial charge is 0.128 e. The van der Waals surface area contributed by atoms with Gasteiger partial charge in [-0.3, -0.25) is 4.90 Å². The first-order chi connectivity index (χ1) is 10.2. The van der Waals surface area contributed by atoms with Crippen LogP contribution < -0.4 is 10.5 Å². The minimum Gasteiger partial charge on any atom is -0.497 e. The first-order valence-corrected chi connectivity index (χ1v) is 7.24. The maximum Gasteiger partial charge on any atom is 0.128 e. The lowest BCUT2D eigenvalue weighted by molar-refractivity contribution is 0.190. The third-order valence-corrected chi connectivity index (χ3v) is 3.49. The first kappa shape index (κ1) is 15.5. The topological polar surface area (TPSA) is 71.6 Å². The van der Waals surface area contributed by atoms with Crippen molar-refractivity contribution in [3.63, 3.8) is 0 Å². The molecule has 114 valence electrons. The van der Waals surface area contributed by atoms with Crippen LogP contribution >= 0.6 is 0 Å². The highest BCUT2D eigenvalue weighted by molar-refractivity contribution is 5.82. The second kappa shape index (κ2) is 7.24. The molecule has 0 spiro atoms. The van der Waals surface area contributed by atoms with Crippen LogP contribution in [0.25, 0.3) is 10.9 Å². The predicted molar refractivity (Wildman–Crippen MR) is 85.4 cm³/mol. The number of hydrogen-bond donors (Lipinski definition) is 2. The number of anilines is 1. The van der Waals surface area contributed by atoms with E-state index in [0.29, 0.717) is 18.9 Å². The van der Waals surface area contributed by atoms with Gasteiger partial charge >= 0.3 is 0 Å². The number of hydrogen-bond acceptors (Lipinski definition) is 5. The average molecular weight is 289 g/mol. The summed E-state index contributed by atoms with van der Waals surface area (Å²) >= 11 is 0. The summed E-state index contributed by atoms with van der Waals surface area (Å²) in [6, 6.07) is 7.85. The highest BCUT2D eigenvalue weighted by Crippen LogP contribution is 2.23. The van der Waals surface area contributed by atoms with Gasteiger partial charge in [0.2, 0.25) is 0 Å². The van der Waals surface area contributed by atoms with Gasteiger partial charge in [0.25, 0.3) is 0 Å². The summed E-state index contributed by atoms with van der Waals surface area (Å²) in [6.07, 6.45) is 1.04. The Morgan fingerprint density at radius 2 is 2.10 bits per heavy atom. The molecule has 1 aromatic heterocycles. The minimum absolute atomic E-state index is 0.151. The van der Waals surface area contributed by atoms with Crippen LogP contribution in [0.5, 0.6) is 5.75 Å². The standard InChI is InChI=1S/C16H23N3O2/c1-3-6-19(7-8-20)11-13-9-12-4-5-14(21-2)10-15(12)18-16(13)17/h4-5,9-10,20H,3,6-8,11H2,1-2H3,(H2,17,18). The number of rotatable bonds is 7. The van der Waals surface area contributed by atoms with Gasteiger partial charge in [0.1, 0.15) is 11.6 Å². The fourth-order valence-electron chi connectivity index (χ4n) is 2.43. The Bertz CT molecular complexity index is 595. The molecule has 3 N–H and O–H groups in total. The van der Waals surface area contributed by atoms with Crippen molar-refractivity contribution in [2.24, 2.45) is 0 Å². The van der Waals surface area contributed by atoms with E-state index in [1.54, 1.807) is 7.11 Å². The van der Waals surface area contributed by atoms with Crippen molar-refractivity contribution in [1.82, 2.24) is 9.88 Å². The Balaban J connectivity index is 2.29. The average Bonchev–Trinajstić information content (AvgIpc) is 2.48. The molecule has 1 aromatic carbocycles. The summed E-state index contributed by atoms with van der Waals surface area (Å²) < 4.78 is 5.20. The summed E-state index contributed by atoms with van der Waals surface area (Å²) in [5.41, 5.74) is 7.91. The van der Waals surface area contributed by atoms with Crippen LogP contribution in [0.1, 0.15) is 18.9 Å². The number of nitrogens with zero attached hydrogens (tertiary/aromatic N) is 2. The lowest BCUT2D eigenvalue weighted by atomic mass is 10.1. The van der Waals surface area contributed by atoms with Gasteiger partial charge in [0, 0.05) is 30.1 Å². The van der Waals surface area contributed by atoms with E-state index < -0.39 is 0 Å². The predicted octanol–water partition coefficient (Wildman–Crippen LogP) is 2.03. The molecule has 0 amide bonds. The molecule has 0 fully saturated rings. The van der Waals surface area contributed by atoms with Gasteiger partial charge in [-0.05, 0) is 31.2 Å². The van der Waals surface area contributed by atoms with Gasteiger partial charge in [-0.15, -0.1) is 0 Å². The van der Waals surface area contributed by atoms with E-state index in [9.17, 15) is 0 Å². The molecule has 21 heavy (non-hydrogen) atoms. The Hall–Kier alpha value is -1.85. The zero-order valence-corrected chi connectivity index (χ0v) is 12.7. The Kier molecular flexibility index (Phi) is 5.36. The molecule has 0 bridgehead atoms. The summed E-state index contributed by atoms with van der Waals surface area (Å²) in [5, 5.41) is 10.2. The summed E-state index contributed by atoms with van der Waals surface area (Å²) in [5.74, 6) is 1.31. The van der Waals surface area contributed by atoms with Gasteiger partial charge in [0.05, 0.1) is 19.2 Å². The van der Waals surface area contributed by atoms with Crippen molar-refractivity contribution in [3.05, 3.63) is 29.8 Å². The molecular weight excluding hydrogens is 266 g/mol. The monoisotopic (exact) mass is 289 g/mol. The second-order valence-corrected chi connectivity index (χ2v) is 5.09. The third kappa shape index (κ3) is 3.83. The Morgan fingerprint density at radius 3 is 2.76 bits per heavy atom. The van der Waals surface area contributed by atoms with Crippen molar-refractivity contribution < 1.29 is 9.84 Å². The SMILES string of the molecule is CCCN(CCO)Cc1cc2ccc(OC)cc2nc1N. The van der Waals surface area contributed by atoms with Crippen LogP contribution in [0.15, 0.2) is 24.3 Å². The van der Waals surface area contributed by atoms with Crippen LogP contribution in [0.2, 0.25) is 0 Å². The molecule has 2 aromatic rings. The molecule has 0 saturated carbocycles. The first-order valence-electron chi connectivity index (χ1n) is 7.24. The molecule has 0 aliphatic carbocycles. The highest BCUT2D eigenvalue weighted by atomic mass is 16.5. The molecule has 5 heteroatoms. The molecule has 0 atom stereocenters. The maximum absolute atomic E-state index is 9.14. The van der Waals surface area contributed by atoms with Crippen LogP contribution in [0.4, 0.5) is 5.82 Å². The summed E-state index contributed by atoms with van der Waals surface area (Å²) in [4.78, 5) is 6.65. The molecule has 5 nitrogen and oxygen atoms in total. The van der Waals surface area contributed by atoms with Crippen LogP contribution in [0.3, 0.4) is 0 Å². The van der Waals surface area contributed by atoms with E-state index in [1.807, 2.05) is 18.2 Å². The zero-order chi connectivity index (χ0) is 15.2. The van der Waals surface area contributed by atoms with E-state index in [2.05, 4.69) is 22.9 Å². The Labute approximate surface area is 125 Å². The number of aliphatic hydroxyl groups is 1. The van der Waals surface area contributed by atoms with Gasteiger partial charge in [0.15, 0.2) is 0 Å². The van der Waals surface area contributed by atoms with E-state index >= 15 is 0 Å². The number of aliphatic hydroxyl groups excluding tert-OH is 1.